The van der Waals surface area contributed by atoms with Gasteiger partial charge in [0, 0.05) is 18.3 Å². The molecule has 0 unspecified atom stereocenters. The molecule has 23 heavy (non-hydrogen) atoms. The van der Waals surface area contributed by atoms with Crippen LogP contribution in [0.3, 0.4) is 0 Å². The van der Waals surface area contributed by atoms with Crippen molar-refractivity contribution in [3.8, 4) is 0 Å². The van der Waals surface area contributed by atoms with Crippen molar-refractivity contribution < 1.29 is 4.79 Å². The van der Waals surface area contributed by atoms with Crippen LogP contribution in [0.1, 0.15) is 24.5 Å². The summed E-state index contributed by atoms with van der Waals surface area (Å²) in [4.78, 5) is 14.7. The maximum atomic E-state index is 12.7. The monoisotopic (exact) mass is 325 g/mol. The Morgan fingerprint density at radius 2 is 1.70 bits per heavy atom. The summed E-state index contributed by atoms with van der Waals surface area (Å²) in [6.07, 6.45) is 2.10. The van der Waals surface area contributed by atoms with Crippen LogP contribution in [0.2, 0.25) is 0 Å². The number of amides is 1. The quantitative estimate of drug-likeness (QED) is 0.795. The van der Waals surface area contributed by atoms with E-state index in [1.165, 1.54) is 11.1 Å². The van der Waals surface area contributed by atoms with Crippen molar-refractivity contribution in [3.05, 3.63) is 71.8 Å². The summed E-state index contributed by atoms with van der Waals surface area (Å²) in [6.45, 7) is 2.94. The molecule has 3 rings (SSSR count). The van der Waals surface area contributed by atoms with Gasteiger partial charge in [-0.1, -0.05) is 60.7 Å². The van der Waals surface area contributed by atoms with E-state index in [9.17, 15) is 4.79 Å². The Hall–Kier alpha value is -1.74. The molecule has 1 heterocycles. The van der Waals surface area contributed by atoms with Gasteiger partial charge in [0.1, 0.15) is 0 Å². The predicted molar refractivity (Wildman–Crippen MR) is 97.5 cm³/mol. The summed E-state index contributed by atoms with van der Waals surface area (Å²) in [5.74, 6) is 1.18. The van der Waals surface area contributed by atoms with E-state index < -0.39 is 0 Å². The van der Waals surface area contributed by atoms with Gasteiger partial charge in [0.15, 0.2) is 0 Å². The standard InChI is InChI=1S/C20H23NOS/c1-16(23-15-18-10-6-3-7-11-18)20(22)21-13-12-19(21)14-17-8-4-2-5-9-17/h2-11,16,19H,12-15H2,1H3/t16-,19-/m1/s1. The fourth-order valence-electron chi connectivity index (χ4n) is 2.93. The lowest BCUT2D eigenvalue weighted by atomic mass is 9.95. The number of rotatable bonds is 6. The maximum absolute atomic E-state index is 12.7. The zero-order valence-electron chi connectivity index (χ0n) is 13.5. The zero-order valence-corrected chi connectivity index (χ0v) is 14.3. The molecule has 3 heteroatoms. The van der Waals surface area contributed by atoms with Crippen LogP contribution < -0.4 is 0 Å². The highest BCUT2D eigenvalue weighted by Crippen LogP contribution is 2.26. The highest BCUT2D eigenvalue weighted by atomic mass is 32.2. The van der Waals surface area contributed by atoms with Gasteiger partial charge in [-0.3, -0.25) is 4.79 Å². The smallest absolute Gasteiger partial charge is 0.235 e. The summed E-state index contributed by atoms with van der Waals surface area (Å²) < 4.78 is 0. The van der Waals surface area contributed by atoms with Crippen LogP contribution in [0.15, 0.2) is 60.7 Å². The number of benzene rings is 2. The average molecular weight is 325 g/mol. The third-order valence-electron chi connectivity index (χ3n) is 4.43. The van der Waals surface area contributed by atoms with Crippen molar-refractivity contribution in [2.75, 3.05) is 6.54 Å². The van der Waals surface area contributed by atoms with Crippen LogP contribution in [0.5, 0.6) is 0 Å². The fourth-order valence-corrected chi connectivity index (χ4v) is 3.84. The minimum atomic E-state index is 0.0220. The first kappa shape index (κ1) is 16.1. The Morgan fingerprint density at radius 3 is 2.26 bits per heavy atom. The van der Waals surface area contributed by atoms with Crippen LogP contribution >= 0.6 is 11.8 Å². The van der Waals surface area contributed by atoms with E-state index in [0.717, 1.165) is 25.1 Å². The molecule has 1 fully saturated rings. The van der Waals surface area contributed by atoms with Crippen LogP contribution in [-0.2, 0) is 17.0 Å². The molecule has 1 saturated heterocycles. The maximum Gasteiger partial charge on any atom is 0.235 e. The fraction of sp³-hybridized carbons (Fsp3) is 0.350. The van der Waals surface area contributed by atoms with Gasteiger partial charge in [-0.2, -0.15) is 0 Å². The highest BCUT2D eigenvalue weighted by molar-refractivity contribution is 7.99. The molecule has 120 valence electrons. The highest BCUT2D eigenvalue weighted by Gasteiger charge is 2.34. The van der Waals surface area contributed by atoms with Crippen molar-refractivity contribution in [2.24, 2.45) is 0 Å². The number of hydrogen-bond donors (Lipinski definition) is 0. The van der Waals surface area contributed by atoms with Gasteiger partial charge in [-0.25, -0.2) is 0 Å². The first-order valence-electron chi connectivity index (χ1n) is 8.24. The lowest BCUT2D eigenvalue weighted by Gasteiger charge is -2.42. The zero-order chi connectivity index (χ0) is 16.1. The Bertz CT molecular complexity index is 629. The molecule has 0 bridgehead atoms. The minimum Gasteiger partial charge on any atom is -0.338 e. The molecule has 2 atom stereocenters. The largest absolute Gasteiger partial charge is 0.338 e. The van der Waals surface area contributed by atoms with Crippen molar-refractivity contribution >= 4 is 17.7 Å². The second kappa shape index (κ2) is 7.69. The number of carbonyl (C=O) groups excluding carboxylic acids is 1. The van der Waals surface area contributed by atoms with E-state index in [2.05, 4.69) is 41.3 Å². The van der Waals surface area contributed by atoms with Crippen molar-refractivity contribution in [1.29, 1.82) is 0 Å². The Labute approximate surface area is 142 Å². The van der Waals surface area contributed by atoms with E-state index in [-0.39, 0.29) is 11.2 Å². The van der Waals surface area contributed by atoms with Gasteiger partial charge in [-0.15, -0.1) is 11.8 Å². The summed E-state index contributed by atoms with van der Waals surface area (Å²) >= 11 is 1.73. The van der Waals surface area contributed by atoms with E-state index in [0.29, 0.717) is 6.04 Å². The first-order valence-corrected chi connectivity index (χ1v) is 9.29. The molecule has 2 nitrogen and oxygen atoms in total. The molecule has 2 aromatic rings. The SMILES string of the molecule is C[C@@H](SCc1ccccc1)C(=O)N1CC[C@@H]1Cc1ccccc1. The van der Waals surface area contributed by atoms with E-state index in [1.54, 1.807) is 11.8 Å². The molecule has 1 amide bonds. The van der Waals surface area contributed by atoms with Crippen molar-refractivity contribution in [3.63, 3.8) is 0 Å². The van der Waals surface area contributed by atoms with Crippen LogP contribution in [0, 0.1) is 0 Å². The summed E-state index contributed by atoms with van der Waals surface area (Å²) in [5, 5.41) is 0.0220. The van der Waals surface area contributed by atoms with Crippen LogP contribution in [0.25, 0.3) is 0 Å². The molecular formula is C20H23NOS. The van der Waals surface area contributed by atoms with Gasteiger partial charge in [0.2, 0.25) is 5.91 Å². The lowest BCUT2D eigenvalue weighted by Crippen LogP contribution is -2.54. The van der Waals surface area contributed by atoms with E-state index in [4.69, 9.17) is 0 Å². The number of nitrogens with zero attached hydrogens (tertiary/aromatic N) is 1. The molecule has 0 spiro atoms. The number of hydrogen-bond acceptors (Lipinski definition) is 2. The molecule has 0 N–H and O–H groups in total. The van der Waals surface area contributed by atoms with Gasteiger partial charge in [-0.05, 0) is 30.9 Å². The van der Waals surface area contributed by atoms with Gasteiger partial charge < -0.3 is 4.90 Å². The Morgan fingerprint density at radius 1 is 1.09 bits per heavy atom. The molecule has 0 aromatic heterocycles. The topological polar surface area (TPSA) is 20.3 Å². The van der Waals surface area contributed by atoms with E-state index in [1.807, 2.05) is 31.2 Å². The first-order chi connectivity index (χ1) is 11.2. The predicted octanol–water partition coefficient (Wildman–Crippen LogP) is 4.15. The molecule has 1 aliphatic rings. The van der Waals surface area contributed by atoms with E-state index >= 15 is 0 Å². The molecule has 2 aromatic carbocycles. The molecule has 1 aliphatic heterocycles. The third-order valence-corrected chi connectivity index (χ3v) is 5.63. The second-order valence-corrected chi connectivity index (χ2v) is 7.43. The number of thioether (sulfide) groups is 1. The summed E-state index contributed by atoms with van der Waals surface area (Å²) in [6, 6.07) is 21.2. The van der Waals surface area contributed by atoms with Crippen LogP contribution in [0.4, 0.5) is 0 Å². The minimum absolute atomic E-state index is 0.0220. The molecule has 0 radical (unpaired) electrons. The second-order valence-electron chi connectivity index (χ2n) is 6.10. The molecule has 0 saturated carbocycles. The normalized spacial score (nSPS) is 18.3. The van der Waals surface area contributed by atoms with Crippen molar-refractivity contribution in [2.45, 2.75) is 36.8 Å². The number of likely N-dealkylation sites (tertiary alicyclic amines) is 1. The molecule has 0 aliphatic carbocycles. The lowest BCUT2D eigenvalue weighted by molar-refractivity contribution is -0.137. The van der Waals surface area contributed by atoms with Gasteiger partial charge in [0.05, 0.1) is 5.25 Å². The average Bonchev–Trinajstić information content (AvgIpc) is 2.58. The Balaban J connectivity index is 1.51. The van der Waals surface area contributed by atoms with Gasteiger partial charge >= 0.3 is 0 Å². The third kappa shape index (κ3) is 4.17. The molecular weight excluding hydrogens is 302 g/mol. The summed E-state index contributed by atoms with van der Waals surface area (Å²) in [7, 11) is 0. The van der Waals surface area contributed by atoms with Crippen LogP contribution in [-0.4, -0.2) is 28.6 Å². The van der Waals surface area contributed by atoms with Crippen molar-refractivity contribution in [1.82, 2.24) is 4.90 Å². The summed E-state index contributed by atoms with van der Waals surface area (Å²) in [5.41, 5.74) is 2.60. The number of carbonyl (C=O) groups is 1. The Kier molecular flexibility index (Phi) is 5.39. The van der Waals surface area contributed by atoms with Gasteiger partial charge in [0.25, 0.3) is 0 Å².